The van der Waals surface area contributed by atoms with Crippen LogP contribution >= 0.6 is 0 Å². The Balaban J connectivity index is 1.25. The van der Waals surface area contributed by atoms with Gasteiger partial charge in [0.15, 0.2) is 0 Å². The average molecular weight is 560 g/mol. The molecule has 2 aromatic carbocycles. The van der Waals surface area contributed by atoms with Gasteiger partial charge in [-0.25, -0.2) is 0 Å². The third kappa shape index (κ3) is 7.07. The molecule has 0 bridgehead atoms. The van der Waals surface area contributed by atoms with Crippen LogP contribution in [0.5, 0.6) is 0 Å². The van der Waals surface area contributed by atoms with E-state index in [1.54, 1.807) is 26.0 Å². The van der Waals surface area contributed by atoms with Crippen LogP contribution in [0.3, 0.4) is 0 Å². The van der Waals surface area contributed by atoms with Crippen LogP contribution in [0.25, 0.3) is 5.70 Å². The largest absolute Gasteiger partial charge is 0.481 e. The first-order valence-corrected chi connectivity index (χ1v) is 14.1. The van der Waals surface area contributed by atoms with Crippen molar-refractivity contribution in [2.75, 3.05) is 32.9 Å². The summed E-state index contributed by atoms with van der Waals surface area (Å²) in [4.78, 5) is 13.5. The Kier molecular flexibility index (Phi) is 9.30. The van der Waals surface area contributed by atoms with Crippen molar-refractivity contribution >= 4 is 11.7 Å². The van der Waals surface area contributed by atoms with E-state index in [0.29, 0.717) is 26.2 Å². The average Bonchev–Trinajstić information content (AvgIpc) is 2.91. The van der Waals surface area contributed by atoms with E-state index >= 15 is 0 Å². The molecule has 2 aliphatic rings. The van der Waals surface area contributed by atoms with E-state index < -0.39 is 28.7 Å². The summed E-state index contributed by atoms with van der Waals surface area (Å²) in [5.41, 5.74) is 2.26. The van der Waals surface area contributed by atoms with Crippen molar-refractivity contribution in [2.45, 2.75) is 70.1 Å². The normalized spacial score (nSPS) is 17.9. The van der Waals surface area contributed by atoms with E-state index in [1.165, 1.54) is 12.1 Å². The van der Waals surface area contributed by atoms with Crippen LogP contribution in [0.4, 0.5) is 13.2 Å². The van der Waals surface area contributed by atoms with Crippen LogP contribution in [0, 0.1) is 5.41 Å². The summed E-state index contributed by atoms with van der Waals surface area (Å²) in [7, 11) is 0. The first-order chi connectivity index (χ1) is 18.9. The Hall–Kier alpha value is -2.84. The molecule has 2 saturated heterocycles. The monoisotopic (exact) mass is 559 g/mol. The van der Waals surface area contributed by atoms with Gasteiger partial charge in [0.25, 0.3) is 0 Å². The van der Waals surface area contributed by atoms with Crippen LogP contribution in [0.15, 0.2) is 55.1 Å². The van der Waals surface area contributed by atoms with Gasteiger partial charge in [-0.1, -0.05) is 55.8 Å². The molecule has 2 aromatic rings. The predicted molar refractivity (Wildman–Crippen MR) is 149 cm³/mol. The SMILES string of the molecule is C=C(c1ccc(C2(OCCCCCC(C)(C)C(=O)O)COC2)cc1)N1CCC(c2ccc(C(F)(F)F)cc2)CC1. The van der Waals surface area contributed by atoms with Crippen molar-refractivity contribution in [3.63, 3.8) is 0 Å². The number of alkyl halides is 3. The number of hydrogen-bond acceptors (Lipinski definition) is 4. The number of likely N-dealkylation sites (tertiary alicyclic amines) is 1. The van der Waals surface area contributed by atoms with Gasteiger partial charge in [0, 0.05) is 25.4 Å². The number of aliphatic carboxylic acids is 1. The number of carbonyl (C=O) groups is 1. The number of benzene rings is 2. The molecule has 218 valence electrons. The first kappa shape index (κ1) is 30.1. The fourth-order valence-electron chi connectivity index (χ4n) is 5.42. The van der Waals surface area contributed by atoms with E-state index in [2.05, 4.69) is 35.7 Å². The molecular weight excluding hydrogens is 519 g/mol. The lowest BCUT2D eigenvalue weighted by Gasteiger charge is -2.42. The van der Waals surface area contributed by atoms with Gasteiger partial charge in [0.05, 0.1) is 24.2 Å². The molecule has 8 heteroatoms. The summed E-state index contributed by atoms with van der Waals surface area (Å²) in [6.07, 6.45) is 0.708. The van der Waals surface area contributed by atoms with E-state index in [4.69, 9.17) is 9.47 Å². The minimum Gasteiger partial charge on any atom is -0.481 e. The molecule has 0 aromatic heterocycles. The standard InChI is InChI=1S/C32H40F3NO4/c1-23(36-18-15-26(16-19-36)25-9-13-28(14-10-25)32(33,34)35)24-7-11-27(12-8-24)31(21-39-22-31)40-20-6-4-5-17-30(2,3)29(37)38/h7-14,26H,1,4-6,15-22H2,2-3H3,(H,37,38). The highest BCUT2D eigenvalue weighted by Crippen LogP contribution is 2.37. The van der Waals surface area contributed by atoms with Crippen LogP contribution in [-0.2, 0) is 26.0 Å². The van der Waals surface area contributed by atoms with Gasteiger partial charge in [0.1, 0.15) is 5.60 Å². The number of nitrogens with zero attached hydrogens (tertiary/aromatic N) is 1. The van der Waals surface area contributed by atoms with Crippen molar-refractivity contribution in [3.8, 4) is 0 Å². The summed E-state index contributed by atoms with van der Waals surface area (Å²) in [5.74, 6) is -0.518. The van der Waals surface area contributed by atoms with Crippen molar-refractivity contribution in [1.82, 2.24) is 4.90 Å². The molecule has 1 N–H and O–H groups in total. The zero-order valence-electron chi connectivity index (χ0n) is 23.4. The Morgan fingerprint density at radius 2 is 1.65 bits per heavy atom. The summed E-state index contributed by atoms with van der Waals surface area (Å²) >= 11 is 0. The van der Waals surface area contributed by atoms with Gasteiger partial charge in [0.2, 0.25) is 0 Å². The Morgan fingerprint density at radius 3 is 2.17 bits per heavy atom. The van der Waals surface area contributed by atoms with Gasteiger partial charge in [-0.15, -0.1) is 0 Å². The van der Waals surface area contributed by atoms with Crippen molar-refractivity contribution < 1.29 is 32.5 Å². The third-order valence-corrected chi connectivity index (χ3v) is 8.40. The minimum absolute atomic E-state index is 0.244. The summed E-state index contributed by atoms with van der Waals surface area (Å²) in [5, 5.41) is 9.25. The number of unbranched alkanes of at least 4 members (excludes halogenated alkanes) is 2. The first-order valence-electron chi connectivity index (χ1n) is 14.1. The Morgan fingerprint density at radius 1 is 1.02 bits per heavy atom. The molecule has 4 rings (SSSR count). The van der Waals surface area contributed by atoms with Gasteiger partial charge in [-0.2, -0.15) is 13.2 Å². The van der Waals surface area contributed by atoms with Crippen LogP contribution in [0.2, 0.25) is 0 Å². The van der Waals surface area contributed by atoms with Crippen molar-refractivity contribution in [2.24, 2.45) is 5.41 Å². The smallest absolute Gasteiger partial charge is 0.416 e. The van der Waals surface area contributed by atoms with E-state index in [0.717, 1.165) is 67.6 Å². The van der Waals surface area contributed by atoms with E-state index in [9.17, 15) is 23.1 Å². The van der Waals surface area contributed by atoms with Gasteiger partial charge < -0.3 is 19.5 Å². The van der Waals surface area contributed by atoms with Gasteiger partial charge in [-0.3, -0.25) is 4.79 Å². The molecule has 0 unspecified atom stereocenters. The zero-order valence-corrected chi connectivity index (χ0v) is 23.4. The third-order valence-electron chi connectivity index (χ3n) is 8.40. The quantitative estimate of drug-likeness (QED) is 0.274. The molecule has 0 atom stereocenters. The molecule has 0 amide bonds. The molecule has 2 heterocycles. The molecule has 2 fully saturated rings. The molecule has 0 spiro atoms. The second-order valence-corrected chi connectivity index (χ2v) is 11.7. The number of ether oxygens (including phenoxy) is 2. The number of carboxylic acid groups (broad SMARTS) is 1. The predicted octanol–water partition coefficient (Wildman–Crippen LogP) is 7.47. The topological polar surface area (TPSA) is 59.0 Å². The fourth-order valence-corrected chi connectivity index (χ4v) is 5.42. The van der Waals surface area contributed by atoms with Gasteiger partial charge in [-0.05, 0) is 74.3 Å². The molecule has 5 nitrogen and oxygen atoms in total. The Bertz CT molecular complexity index is 1150. The molecular formula is C32H40F3NO4. The Labute approximate surface area is 235 Å². The lowest BCUT2D eigenvalue weighted by atomic mass is 9.87. The lowest BCUT2D eigenvalue weighted by Crippen LogP contribution is -2.49. The lowest BCUT2D eigenvalue weighted by molar-refractivity contribution is -0.217. The summed E-state index contributed by atoms with van der Waals surface area (Å²) in [6.45, 7) is 11.1. The van der Waals surface area contributed by atoms with Crippen LogP contribution in [-0.4, -0.2) is 48.9 Å². The highest BCUT2D eigenvalue weighted by Gasteiger charge is 2.41. The molecule has 2 aliphatic heterocycles. The zero-order chi connectivity index (χ0) is 29.0. The number of rotatable bonds is 12. The highest BCUT2D eigenvalue weighted by atomic mass is 19.4. The number of hydrogen-bond donors (Lipinski definition) is 1. The second-order valence-electron chi connectivity index (χ2n) is 11.7. The molecule has 0 radical (unpaired) electrons. The molecule has 40 heavy (non-hydrogen) atoms. The molecule has 0 saturated carbocycles. The van der Waals surface area contributed by atoms with Crippen molar-refractivity contribution in [3.05, 3.63) is 77.4 Å². The van der Waals surface area contributed by atoms with Crippen LogP contribution in [0.1, 0.15) is 80.5 Å². The summed E-state index contributed by atoms with van der Waals surface area (Å²) < 4.78 is 50.4. The summed E-state index contributed by atoms with van der Waals surface area (Å²) in [6, 6.07) is 13.9. The van der Waals surface area contributed by atoms with E-state index in [1.807, 2.05) is 0 Å². The number of carboxylic acids is 1. The van der Waals surface area contributed by atoms with Crippen molar-refractivity contribution in [1.29, 1.82) is 0 Å². The fraction of sp³-hybridized carbons (Fsp3) is 0.531. The maximum absolute atomic E-state index is 12.9. The van der Waals surface area contributed by atoms with E-state index in [-0.39, 0.29) is 5.92 Å². The second kappa shape index (κ2) is 12.4. The maximum Gasteiger partial charge on any atom is 0.416 e. The van der Waals surface area contributed by atoms with Gasteiger partial charge >= 0.3 is 12.1 Å². The van der Waals surface area contributed by atoms with Crippen LogP contribution < -0.4 is 0 Å². The minimum atomic E-state index is -4.31. The number of piperidine rings is 1. The number of halogens is 3. The highest BCUT2D eigenvalue weighted by molar-refractivity contribution is 5.73. The maximum atomic E-state index is 12.9. The molecule has 0 aliphatic carbocycles.